The molecule has 19 heavy (non-hydrogen) atoms. The number of ether oxygens (including phenoxy) is 3. The van der Waals surface area contributed by atoms with Gasteiger partial charge in [0.15, 0.2) is 6.10 Å². The molecule has 0 aliphatic rings. The minimum atomic E-state index is -1.44. The molecule has 0 heterocycles. The zero-order valence-corrected chi connectivity index (χ0v) is 10.9. The Balaban J connectivity index is 4.92. The molecular weight excluding hydrogens is 256 g/mol. The largest absolute Gasteiger partial charge is 0.467 e. The van der Waals surface area contributed by atoms with Gasteiger partial charge in [0.05, 0.1) is 21.3 Å². The number of aliphatic hydroxyl groups excluding tert-OH is 1. The van der Waals surface area contributed by atoms with Gasteiger partial charge in [-0.05, 0) is 5.57 Å². The third-order valence-electron chi connectivity index (χ3n) is 2.04. The van der Waals surface area contributed by atoms with Crippen LogP contribution in [0.5, 0.6) is 0 Å². The lowest BCUT2D eigenvalue weighted by Crippen LogP contribution is -2.22. The van der Waals surface area contributed by atoms with Crippen LogP contribution in [0.2, 0.25) is 0 Å². The van der Waals surface area contributed by atoms with Crippen LogP contribution in [-0.4, -0.2) is 50.4 Å². The van der Waals surface area contributed by atoms with Crippen molar-refractivity contribution in [1.29, 1.82) is 0 Å². The maximum atomic E-state index is 11.1. The molecule has 7 nitrogen and oxygen atoms in total. The zero-order valence-electron chi connectivity index (χ0n) is 10.9. The topological polar surface area (TPSA) is 99.1 Å². The minimum absolute atomic E-state index is 0.199. The van der Waals surface area contributed by atoms with Crippen LogP contribution in [0.1, 0.15) is 6.42 Å². The lowest BCUT2D eigenvalue weighted by Gasteiger charge is -2.08. The molecule has 0 amide bonds. The van der Waals surface area contributed by atoms with Gasteiger partial charge in [-0.25, -0.2) is 14.4 Å². The number of allylic oxidation sites excluding steroid dienone is 1. The monoisotopic (exact) mass is 272 g/mol. The van der Waals surface area contributed by atoms with E-state index in [0.717, 1.165) is 19.3 Å². The molecule has 0 spiro atoms. The van der Waals surface area contributed by atoms with E-state index in [4.69, 9.17) is 0 Å². The standard InChI is InChI=1S/C12H16O7/c1-17-10(14)5-4-8(7-11(15)18-2)6-9(13)12(16)19-3/h4-5,7,9,13H,6H2,1-3H3/b5-4-,8-7+. The van der Waals surface area contributed by atoms with Crippen molar-refractivity contribution in [3.8, 4) is 0 Å². The van der Waals surface area contributed by atoms with Crippen molar-refractivity contribution < 1.29 is 33.7 Å². The molecule has 0 aromatic rings. The Hall–Kier alpha value is -2.15. The van der Waals surface area contributed by atoms with Crippen LogP contribution in [0.3, 0.4) is 0 Å². The summed E-state index contributed by atoms with van der Waals surface area (Å²) < 4.78 is 13.1. The molecular formula is C12H16O7. The summed E-state index contributed by atoms with van der Waals surface area (Å²) >= 11 is 0. The molecule has 0 bridgehead atoms. The van der Waals surface area contributed by atoms with E-state index in [1.165, 1.54) is 20.3 Å². The van der Waals surface area contributed by atoms with Gasteiger partial charge in [0.1, 0.15) is 0 Å². The van der Waals surface area contributed by atoms with Crippen molar-refractivity contribution in [2.45, 2.75) is 12.5 Å². The van der Waals surface area contributed by atoms with Gasteiger partial charge in [-0.1, -0.05) is 6.08 Å². The molecule has 0 saturated heterocycles. The highest BCUT2D eigenvalue weighted by Crippen LogP contribution is 2.09. The molecule has 7 heteroatoms. The summed E-state index contributed by atoms with van der Waals surface area (Å²) in [5.41, 5.74) is 0.218. The Morgan fingerprint density at radius 3 is 2.05 bits per heavy atom. The van der Waals surface area contributed by atoms with Crippen LogP contribution in [-0.2, 0) is 28.6 Å². The normalized spacial score (nSPS) is 12.9. The summed E-state index contributed by atoms with van der Waals surface area (Å²) in [6.07, 6.45) is 1.71. The fraction of sp³-hybridized carbons (Fsp3) is 0.417. The molecule has 1 N–H and O–H groups in total. The fourth-order valence-corrected chi connectivity index (χ4v) is 1.07. The highest BCUT2D eigenvalue weighted by Gasteiger charge is 2.17. The maximum Gasteiger partial charge on any atom is 0.335 e. The predicted molar refractivity (Wildman–Crippen MR) is 63.9 cm³/mol. The minimum Gasteiger partial charge on any atom is -0.467 e. The molecule has 0 aliphatic carbocycles. The van der Waals surface area contributed by atoms with E-state index >= 15 is 0 Å². The Bertz CT molecular complexity index is 395. The fourth-order valence-electron chi connectivity index (χ4n) is 1.07. The van der Waals surface area contributed by atoms with Gasteiger partial charge < -0.3 is 19.3 Å². The van der Waals surface area contributed by atoms with Crippen LogP contribution in [0.4, 0.5) is 0 Å². The van der Waals surface area contributed by atoms with Gasteiger partial charge in [0, 0.05) is 18.6 Å². The predicted octanol–water partition coefficient (Wildman–Crippen LogP) is -0.261. The summed E-state index contributed by atoms with van der Waals surface area (Å²) in [6, 6.07) is 0. The highest BCUT2D eigenvalue weighted by atomic mass is 16.5. The number of esters is 3. The van der Waals surface area contributed by atoms with Crippen molar-refractivity contribution in [2.24, 2.45) is 0 Å². The summed E-state index contributed by atoms with van der Waals surface area (Å²) in [5.74, 6) is -2.16. The van der Waals surface area contributed by atoms with Crippen LogP contribution >= 0.6 is 0 Å². The summed E-state index contributed by atoms with van der Waals surface area (Å²) in [5, 5.41) is 9.48. The second-order valence-electron chi connectivity index (χ2n) is 3.34. The molecule has 0 fully saturated rings. The Kier molecular flexibility index (Phi) is 7.87. The number of methoxy groups -OCH3 is 3. The second kappa shape index (κ2) is 8.87. The van der Waals surface area contributed by atoms with E-state index in [0.29, 0.717) is 0 Å². The van der Waals surface area contributed by atoms with E-state index in [2.05, 4.69) is 14.2 Å². The number of aliphatic hydroxyl groups is 1. The Morgan fingerprint density at radius 2 is 1.58 bits per heavy atom. The summed E-state index contributed by atoms with van der Waals surface area (Å²) in [6.45, 7) is 0. The molecule has 0 rings (SSSR count). The molecule has 0 saturated carbocycles. The maximum absolute atomic E-state index is 11.1. The average molecular weight is 272 g/mol. The van der Waals surface area contributed by atoms with E-state index in [9.17, 15) is 19.5 Å². The molecule has 106 valence electrons. The first-order valence-corrected chi connectivity index (χ1v) is 5.25. The molecule has 1 atom stereocenters. The molecule has 0 aromatic carbocycles. The molecule has 0 aromatic heterocycles. The van der Waals surface area contributed by atoms with E-state index in [1.54, 1.807) is 0 Å². The van der Waals surface area contributed by atoms with Gasteiger partial charge in [-0.3, -0.25) is 0 Å². The first kappa shape index (κ1) is 16.9. The number of carbonyl (C=O) groups is 3. The smallest absolute Gasteiger partial charge is 0.335 e. The number of hydrogen-bond donors (Lipinski definition) is 1. The highest BCUT2D eigenvalue weighted by molar-refractivity contribution is 5.86. The van der Waals surface area contributed by atoms with E-state index in [-0.39, 0.29) is 12.0 Å². The average Bonchev–Trinajstić information content (AvgIpc) is 2.42. The van der Waals surface area contributed by atoms with Crippen molar-refractivity contribution in [2.75, 3.05) is 21.3 Å². The Labute approximate surface area is 110 Å². The van der Waals surface area contributed by atoms with Gasteiger partial charge in [-0.15, -0.1) is 0 Å². The lowest BCUT2D eigenvalue weighted by molar-refractivity contribution is -0.150. The first-order valence-electron chi connectivity index (χ1n) is 5.25. The Morgan fingerprint density at radius 1 is 1.00 bits per heavy atom. The van der Waals surface area contributed by atoms with Crippen LogP contribution < -0.4 is 0 Å². The van der Waals surface area contributed by atoms with Gasteiger partial charge in [-0.2, -0.15) is 0 Å². The van der Waals surface area contributed by atoms with Gasteiger partial charge in [0.2, 0.25) is 0 Å². The third kappa shape index (κ3) is 6.99. The van der Waals surface area contributed by atoms with Crippen molar-refractivity contribution in [3.05, 3.63) is 23.8 Å². The van der Waals surface area contributed by atoms with Crippen LogP contribution in [0.15, 0.2) is 23.8 Å². The first-order chi connectivity index (χ1) is 8.94. The molecule has 0 aliphatic heterocycles. The SMILES string of the molecule is COC(=O)/C=C\C(=C/C(=O)OC)CC(O)C(=O)OC. The molecule has 1 unspecified atom stereocenters. The molecule has 0 radical (unpaired) electrons. The third-order valence-corrected chi connectivity index (χ3v) is 2.04. The number of carbonyl (C=O) groups excluding carboxylic acids is 3. The van der Waals surface area contributed by atoms with E-state index < -0.39 is 24.0 Å². The zero-order chi connectivity index (χ0) is 14.8. The van der Waals surface area contributed by atoms with Crippen LogP contribution in [0, 0.1) is 0 Å². The van der Waals surface area contributed by atoms with Gasteiger partial charge in [0.25, 0.3) is 0 Å². The lowest BCUT2D eigenvalue weighted by atomic mass is 10.1. The van der Waals surface area contributed by atoms with Crippen molar-refractivity contribution in [1.82, 2.24) is 0 Å². The summed E-state index contributed by atoms with van der Waals surface area (Å²) in [7, 11) is 3.50. The van der Waals surface area contributed by atoms with E-state index in [1.807, 2.05) is 0 Å². The van der Waals surface area contributed by atoms with Crippen molar-refractivity contribution in [3.63, 3.8) is 0 Å². The summed E-state index contributed by atoms with van der Waals surface area (Å²) in [4.78, 5) is 33.1. The van der Waals surface area contributed by atoms with Gasteiger partial charge >= 0.3 is 17.9 Å². The number of rotatable bonds is 6. The number of hydrogen-bond acceptors (Lipinski definition) is 7. The quantitative estimate of drug-likeness (QED) is 0.308. The van der Waals surface area contributed by atoms with Crippen LogP contribution in [0.25, 0.3) is 0 Å². The second-order valence-corrected chi connectivity index (χ2v) is 3.34. The van der Waals surface area contributed by atoms with Crippen molar-refractivity contribution >= 4 is 17.9 Å².